The fourth-order valence-electron chi connectivity index (χ4n) is 1.75. The molecule has 0 saturated carbocycles. The lowest BCUT2D eigenvalue weighted by Crippen LogP contribution is -2.38. The first-order chi connectivity index (χ1) is 6.18. The standard InChI is InChI=1S/C10H23N3/c1-12(2)7-8-13(3)9-10-5-4-6-11-10/h10-11H,4-9H2,1-3H3. The number of rotatable bonds is 5. The molecule has 0 aromatic heterocycles. The van der Waals surface area contributed by atoms with Gasteiger partial charge < -0.3 is 15.1 Å². The number of nitrogens with one attached hydrogen (secondary N) is 1. The summed E-state index contributed by atoms with van der Waals surface area (Å²) in [5.74, 6) is 0. The Hall–Kier alpha value is -0.120. The molecule has 1 atom stereocenters. The first-order valence-corrected chi connectivity index (χ1v) is 5.25. The molecule has 3 heteroatoms. The Morgan fingerprint density at radius 2 is 2.00 bits per heavy atom. The van der Waals surface area contributed by atoms with E-state index in [1.54, 1.807) is 0 Å². The lowest BCUT2D eigenvalue weighted by Gasteiger charge is -2.22. The molecule has 1 unspecified atom stereocenters. The van der Waals surface area contributed by atoms with Crippen LogP contribution in [-0.4, -0.2) is 63.2 Å². The van der Waals surface area contributed by atoms with Crippen molar-refractivity contribution in [2.75, 3.05) is 47.3 Å². The minimum atomic E-state index is 0.743. The van der Waals surface area contributed by atoms with Gasteiger partial charge in [-0.25, -0.2) is 0 Å². The Balaban J connectivity index is 2.05. The van der Waals surface area contributed by atoms with Crippen LogP contribution in [0.5, 0.6) is 0 Å². The van der Waals surface area contributed by atoms with E-state index in [1.807, 2.05) is 0 Å². The third-order valence-corrected chi connectivity index (χ3v) is 2.62. The molecule has 0 radical (unpaired) electrons. The third kappa shape index (κ3) is 4.60. The van der Waals surface area contributed by atoms with Crippen LogP contribution in [0.1, 0.15) is 12.8 Å². The zero-order valence-corrected chi connectivity index (χ0v) is 9.21. The molecule has 1 fully saturated rings. The van der Waals surface area contributed by atoms with Crippen molar-refractivity contribution in [3.63, 3.8) is 0 Å². The fraction of sp³-hybridized carbons (Fsp3) is 1.00. The second-order valence-electron chi connectivity index (χ2n) is 4.36. The minimum absolute atomic E-state index is 0.743. The van der Waals surface area contributed by atoms with Crippen molar-refractivity contribution in [1.82, 2.24) is 15.1 Å². The van der Waals surface area contributed by atoms with Crippen molar-refractivity contribution >= 4 is 0 Å². The van der Waals surface area contributed by atoms with Crippen LogP contribution >= 0.6 is 0 Å². The molecular weight excluding hydrogens is 162 g/mol. The van der Waals surface area contributed by atoms with Gasteiger partial charge in [-0.3, -0.25) is 0 Å². The summed E-state index contributed by atoms with van der Waals surface area (Å²) in [6.07, 6.45) is 2.71. The first kappa shape index (κ1) is 11.0. The minimum Gasteiger partial charge on any atom is -0.313 e. The molecule has 13 heavy (non-hydrogen) atoms. The Morgan fingerprint density at radius 1 is 1.23 bits per heavy atom. The lowest BCUT2D eigenvalue weighted by atomic mass is 10.2. The quantitative estimate of drug-likeness (QED) is 0.661. The zero-order chi connectivity index (χ0) is 9.68. The van der Waals surface area contributed by atoms with Gasteiger partial charge >= 0.3 is 0 Å². The molecule has 0 amide bonds. The summed E-state index contributed by atoms with van der Waals surface area (Å²) in [5.41, 5.74) is 0. The van der Waals surface area contributed by atoms with Crippen molar-refractivity contribution in [1.29, 1.82) is 0 Å². The molecule has 0 aliphatic carbocycles. The highest BCUT2D eigenvalue weighted by Crippen LogP contribution is 2.05. The molecule has 0 spiro atoms. The van der Waals surface area contributed by atoms with E-state index in [9.17, 15) is 0 Å². The van der Waals surface area contributed by atoms with E-state index < -0.39 is 0 Å². The summed E-state index contributed by atoms with van der Waals surface area (Å²) in [4.78, 5) is 4.65. The van der Waals surface area contributed by atoms with E-state index in [1.165, 1.54) is 32.5 Å². The van der Waals surface area contributed by atoms with Crippen molar-refractivity contribution in [2.24, 2.45) is 0 Å². The lowest BCUT2D eigenvalue weighted by molar-refractivity contribution is 0.262. The topological polar surface area (TPSA) is 18.5 Å². The largest absolute Gasteiger partial charge is 0.313 e. The Labute approximate surface area is 82.1 Å². The van der Waals surface area contributed by atoms with Crippen molar-refractivity contribution in [3.8, 4) is 0 Å². The maximum Gasteiger partial charge on any atom is 0.0195 e. The first-order valence-electron chi connectivity index (χ1n) is 5.25. The van der Waals surface area contributed by atoms with Crippen molar-refractivity contribution in [3.05, 3.63) is 0 Å². The second kappa shape index (κ2) is 5.58. The van der Waals surface area contributed by atoms with E-state index >= 15 is 0 Å². The molecule has 0 aromatic carbocycles. The van der Waals surface area contributed by atoms with Crippen molar-refractivity contribution in [2.45, 2.75) is 18.9 Å². The average molecular weight is 185 g/mol. The van der Waals surface area contributed by atoms with Crippen LogP contribution in [0.4, 0.5) is 0 Å². The summed E-state index contributed by atoms with van der Waals surface area (Å²) in [6.45, 7) is 4.74. The Bertz CT molecular complexity index is 130. The van der Waals surface area contributed by atoms with E-state index in [0.29, 0.717) is 0 Å². The third-order valence-electron chi connectivity index (χ3n) is 2.62. The van der Waals surface area contributed by atoms with E-state index in [2.05, 4.69) is 36.3 Å². The highest BCUT2D eigenvalue weighted by Gasteiger charge is 2.15. The van der Waals surface area contributed by atoms with E-state index in [-0.39, 0.29) is 0 Å². The van der Waals surface area contributed by atoms with Crippen LogP contribution < -0.4 is 5.32 Å². The molecule has 1 N–H and O–H groups in total. The molecule has 1 aliphatic rings. The monoisotopic (exact) mass is 185 g/mol. The highest BCUT2D eigenvalue weighted by atomic mass is 15.2. The Kier molecular flexibility index (Phi) is 4.70. The molecule has 3 nitrogen and oxygen atoms in total. The number of hydrogen-bond acceptors (Lipinski definition) is 3. The zero-order valence-electron chi connectivity index (χ0n) is 9.21. The van der Waals surface area contributed by atoms with Gasteiger partial charge in [-0.1, -0.05) is 0 Å². The number of nitrogens with zero attached hydrogens (tertiary/aromatic N) is 2. The van der Waals surface area contributed by atoms with Gasteiger partial charge in [0, 0.05) is 25.7 Å². The SMILES string of the molecule is CN(C)CCN(C)CC1CCCN1. The van der Waals surface area contributed by atoms with Crippen LogP contribution in [0.15, 0.2) is 0 Å². The highest BCUT2D eigenvalue weighted by molar-refractivity contribution is 4.76. The summed E-state index contributed by atoms with van der Waals surface area (Å²) in [5, 5.41) is 3.52. The van der Waals surface area contributed by atoms with Crippen LogP contribution in [0.25, 0.3) is 0 Å². The normalized spacial score (nSPS) is 23.3. The molecule has 1 heterocycles. The van der Waals surface area contributed by atoms with Crippen LogP contribution in [0.3, 0.4) is 0 Å². The molecular formula is C10H23N3. The van der Waals surface area contributed by atoms with Gasteiger partial charge in [0.2, 0.25) is 0 Å². The van der Waals surface area contributed by atoms with E-state index in [0.717, 1.165) is 12.6 Å². The average Bonchev–Trinajstić information content (AvgIpc) is 2.53. The van der Waals surface area contributed by atoms with E-state index in [4.69, 9.17) is 0 Å². The predicted molar refractivity (Wildman–Crippen MR) is 57.1 cm³/mol. The number of likely N-dealkylation sites (N-methyl/N-ethyl adjacent to an activating group) is 2. The summed E-state index contributed by atoms with van der Waals surface area (Å²) >= 11 is 0. The van der Waals surface area contributed by atoms with Crippen LogP contribution in [0, 0.1) is 0 Å². The maximum atomic E-state index is 3.52. The van der Waals surface area contributed by atoms with Crippen LogP contribution in [-0.2, 0) is 0 Å². The molecule has 78 valence electrons. The molecule has 0 aromatic rings. The van der Waals surface area contributed by atoms with Gasteiger partial charge in [-0.15, -0.1) is 0 Å². The van der Waals surface area contributed by atoms with Gasteiger partial charge in [0.1, 0.15) is 0 Å². The number of hydrogen-bond donors (Lipinski definition) is 1. The van der Waals surface area contributed by atoms with Crippen molar-refractivity contribution < 1.29 is 0 Å². The summed E-state index contributed by atoms with van der Waals surface area (Å²) < 4.78 is 0. The molecule has 1 aliphatic heterocycles. The van der Waals surface area contributed by atoms with Gasteiger partial charge in [0.15, 0.2) is 0 Å². The summed E-state index contributed by atoms with van der Waals surface area (Å²) in [7, 11) is 6.47. The van der Waals surface area contributed by atoms with Crippen LogP contribution in [0.2, 0.25) is 0 Å². The Morgan fingerprint density at radius 3 is 2.54 bits per heavy atom. The van der Waals surface area contributed by atoms with Gasteiger partial charge in [-0.05, 0) is 40.5 Å². The maximum absolute atomic E-state index is 3.52. The molecule has 1 saturated heterocycles. The molecule has 0 bridgehead atoms. The van der Waals surface area contributed by atoms with Gasteiger partial charge in [0.25, 0.3) is 0 Å². The predicted octanol–water partition coefficient (Wildman–Crippen LogP) is 0.232. The fourth-order valence-corrected chi connectivity index (χ4v) is 1.75. The van der Waals surface area contributed by atoms with Gasteiger partial charge in [-0.2, -0.15) is 0 Å². The summed E-state index contributed by atoms with van der Waals surface area (Å²) in [6, 6.07) is 0.743. The second-order valence-corrected chi connectivity index (χ2v) is 4.36. The van der Waals surface area contributed by atoms with Gasteiger partial charge in [0.05, 0.1) is 0 Å². The molecule has 1 rings (SSSR count). The smallest absolute Gasteiger partial charge is 0.0195 e.